The van der Waals surface area contributed by atoms with E-state index < -0.39 is 0 Å². The average Bonchev–Trinajstić information content (AvgIpc) is 2.85. The van der Waals surface area contributed by atoms with E-state index in [9.17, 15) is 4.79 Å². The Labute approximate surface area is 125 Å². The summed E-state index contributed by atoms with van der Waals surface area (Å²) >= 11 is 6.27. The lowest BCUT2D eigenvalue weighted by molar-refractivity contribution is 0.767. The standard InChI is InChI=1S/C15H13ClN4O/c1-9-4-3-5-11-13(9)18-14(19-15(11)21)12(16)6-10-7-17-20(2)8-10/h3-8H,1-2H3,(H,18,19,21). The van der Waals surface area contributed by atoms with Gasteiger partial charge in [-0.05, 0) is 24.6 Å². The number of para-hydroxylation sites is 1. The van der Waals surface area contributed by atoms with Gasteiger partial charge in [-0.25, -0.2) is 4.98 Å². The lowest BCUT2D eigenvalue weighted by Crippen LogP contribution is -2.11. The molecule has 0 atom stereocenters. The van der Waals surface area contributed by atoms with Crippen molar-refractivity contribution in [2.24, 2.45) is 7.05 Å². The van der Waals surface area contributed by atoms with Crippen molar-refractivity contribution in [2.45, 2.75) is 6.92 Å². The van der Waals surface area contributed by atoms with Gasteiger partial charge in [0.25, 0.3) is 5.56 Å². The third-order valence-corrected chi connectivity index (χ3v) is 3.47. The highest BCUT2D eigenvalue weighted by Crippen LogP contribution is 2.20. The van der Waals surface area contributed by atoms with Crippen molar-refractivity contribution < 1.29 is 0 Å². The second-order valence-electron chi connectivity index (χ2n) is 4.83. The Hall–Kier alpha value is -2.40. The molecule has 106 valence electrons. The van der Waals surface area contributed by atoms with Crippen LogP contribution < -0.4 is 5.56 Å². The second kappa shape index (κ2) is 5.18. The Bertz CT molecular complexity index is 907. The van der Waals surface area contributed by atoms with E-state index in [2.05, 4.69) is 15.1 Å². The van der Waals surface area contributed by atoms with Crippen LogP contribution in [0.2, 0.25) is 0 Å². The molecule has 1 N–H and O–H groups in total. The van der Waals surface area contributed by atoms with E-state index in [1.54, 1.807) is 23.0 Å². The van der Waals surface area contributed by atoms with Crippen LogP contribution in [0.15, 0.2) is 35.4 Å². The first kappa shape index (κ1) is 13.6. The van der Waals surface area contributed by atoms with Gasteiger partial charge in [0.1, 0.15) is 0 Å². The lowest BCUT2D eigenvalue weighted by atomic mass is 10.1. The first-order valence-electron chi connectivity index (χ1n) is 6.40. The van der Waals surface area contributed by atoms with Gasteiger partial charge in [-0.2, -0.15) is 5.10 Å². The zero-order valence-electron chi connectivity index (χ0n) is 11.6. The number of fused-ring (bicyclic) bond motifs is 1. The number of hydrogen-bond donors (Lipinski definition) is 1. The van der Waals surface area contributed by atoms with E-state index in [1.807, 2.05) is 32.3 Å². The van der Waals surface area contributed by atoms with E-state index in [-0.39, 0.29) is 5.56 Å². The maximum Gasteiger partial charge on any atom is 0.259 e. The summed E-state index contributed by atoms with van der Waals surface area (Å²) in [6.07, 6.45) is 5.23. The average molecular weight is 301 g/mol. The summed E-state index contributed by atoms with van der Waals surface area (Å²) in [7, 11) is 1.82. The normalized spacial score (nSPS) is 12.0. The molecule has 0 saturated heterocycles. The molecule has 0 aliphatic carbocycles. The van der Waals surface area contributed by atoms with Crippen molar-refractivity contribution in [1.82, 2.24) is 19.7 Å². The van der Waals surface area contributed by atoms with Crippen LogP contribution in [0, 0.1) is 6.92 Å². The molecule has 0 fully saturated rings. The van der Waals surface area contributed by atoms with E-state index in [4.69, 9.17) is 11.6 Å². The number of hydrogen-bond acceptors (Lipinski definition) is 3. The zero-order chi connectivity index (χ0) is 15.0. The van der Waals surface area contributed by atoms with E-state index in [0.29, 0.717) is 21.8 Å². The number of nitrogens with zero attached hydrogens (tertiary/aromatic N) is 3. The molecule has 0 saturated carbocycles. The molecule has 5 nitrogen and oxygen atoms in total. The third kappa shape index (κ3) is 2.60. The SMILES string of the molecule is Cc1cccc2c(=O)[nH]c(C(Cl)=Cc3cnn(C)c3)nc12. The number of benzene rings is 1. The summed E-state index contributed by atoms with van der Waals surface area (Å²) < 4.78 is 1.68. The molecule has 0 spiro atoms. The van der Waals surface area contributed by atoms with Gasteiger partial charge in [0.2, 0.25) is 0 Å². The van der Waals surface area contributed by atoms with Crippen LogP contribution in [0.25, 0.3) is 22.0 Å². The molecule has 0 bridgehead atoms. The van der Waals surface area contributed by atoms with Gasteiger partial charge < -0.3 is 4.98 Å². The second-order valence-corrected chi connectivity index (χ2v) is 5.23. The van der Waals surface area contributed by atoms with Gasteiger partial charge in [-0.1, -0.05) is 23.7 Å². The molecular weight excluding hydrogens is 288 g/mol. The fourth-order valence-corrected chi connectivity index (χ4v) is 2.36. The Kier molecular flexibility index (Phi) is 3.35. The molecule has 1 aromatic carbocycles. The molecule has 2 aromatic heterocycles. The highest BCUT2D eigenvalue weighted by atomic mass is 35.5. The van der Waals surface area contributed by atoms with Crippen LogP contribution >= 0.6 is 11.6 Å². The third-order valence-electron chi connectivity index (χ3n) is 3.18. The number of nitrogens with one attached hydrogen (secondary N) is 1. The molecule has 6 heteroatoms. The summed E-state index contributed by atoms with van der Waals surface area (Å²) in [4.78, 5) is 19.3. The minimum absolute atomic E-state index is 0.198. The Morgan fingerprint density at radius 2 is 2.24 bits per heavy atom. The van der Waals surface area contributed by atoms with Crippen LogP contribution in [-0.4, -0.2) is 19.7 Å². The molecule has 0 aliphatic rings. The summed E-state index contributed by atoms with van der Waals surface area (Å²) in [5.74, 6) is 0.354. The Balaban J connectivity index is 2.14. The van der Waals surface area contributed by atoms with Crippen molar-refractivity contribution >= 4 is 33.6 Å². The first-order chi connectivity index (χ1) is 10.0. The summed E-state index contributed by atoms with van der Waals surface area (Å²) in [6, 6.07) is 5.50. The lowest BCUT2D eigenvalue weighted by Gasteiger charge is -2.04. The maximum absolute atomic E-state index is 12.1. The van der Waals surface area contributed by atoms with Crippen LogP contribution in [0.1, 0.15) is 17.0 Å². The van der Waals surface area contributed by atoms with Crippen molar-refractivity contribution in [2.75, 3.05) is 0 Å². The Morgan fingerprint density at radius 3 is 2.95 bits per heavy atom. The van der Waals surface area contributed by atoms with Crippen molar-refractivity contribution in [3.8, 4) is 0 Å². The number of aromatic amines is 1. The molecule has 3 aromatic rings. The van der Waals surface area contributed by atoms with Crippen LogP contribution in [0.5, 0.6) is 0 Å². The number of H-pyrrole nitrogens is 1. The Morgan fingerprint density at radius 1 is 1.43 bits per heavy atom. The number of aryl methyl sites for hydroxylation is 2. The minimum Gasteiger partial charge on any atom is -0.305 e. The topological polar surface area (TPSA) is 63.6 Å². The van der Waals surface area contributed by atoms with E-state index in [0.717, 1.165) is 11.1 Å². The number of aromatic nitrogens is 4. The summed E-state index contributed by atoms with van der Waals surface area (Å²) in [5.41, 5.74) is 2.24. The highest BCUT2D eigenvalue weighted by Gasteiger charge is 2.08. The van der Waals surface area contributed by atoms with Crippen LogP contribution in [-0.2, 0) is 7.05 Å². The fourth-order valence-electron chi connectivity index (χ4n) is 2.15. The largest absolute Gasteiger partial charge is 0.305 e. The molecule has 0 unspecified atom stereocenters. The maximum atomic E-state index is 12.1. The minimum atomic E-state index is -0.198. The number of halogens is 1. The van der Waals surface area contributed by atoms with Crippen LogP contribution in [0.4, 0.5) is 0 Å². The fraction of sp³-hybridized carbons (Fsp3) is 0.133. The quantitative estimate of drug-likeness (QED) is 0.791. The first-order valence-corrected chi connectivity index (χ1v) is 6.78. The van der Waals surface area contributed by atoms with Gasteiger partial charge in [-0.3, -0.25) is 9.48 Å². The molecule has 2 heterocycles. The predicted octanol–water partition coefficient (Wildman–Crippen LogP) is 2.70. The van der Waals surface area contributed by atoms with E-state index >= 15 is 0 Å². The molecule has 3 rings (SSSR count). The summed E-state index contributed by atoms with van der Waals surface area (Å²) in [5, 5.41) is 4.99. The highest BCUT2D eigenvalue weighted by molar-refractivity contribution is 6.50. The smallest absolute Gasteiger partial charge is 0.259 e. The van der Waals surface area contributed by atoms with Crippen molar-refractivity contribution in [3.05, 3.63) is 57.9 Å². The van der Waals surface area contributed by atoms with Crippen molar-refractivity contribution in [3.63, 3.8) is 0 Å². The number of rotatable bonds is 2. The predicted molar refractivity (Wildman–Crippen MR) is 84.0 cm³/mol. The van der Waals surface area contributed by atoms with Gasteiger partial charge in [-0.15, -0.1) is 0 Å². The van der Waals surface area contributed by atoms with E-state index in [1.165, 1.54) is 0 Å². The zero-order valence-corrected chi connectivity index (χ0v) is 12.3. The molecule has 0 aliphatic heterocycles. The molecule has 0 radical (unpaired) electrons. The van der Waals surface area contributed by atoms with Gasteiger partial charge in [0, 0.05) is 18.8 Å². The summed E-state index contributed by atoms with van der Waals surface area (Å²) in [6.45, 7) is 1.91. The van der Waals surface area contributed by atoms with Gasteiger partial charge in [0.15, 0.2) is 5.82 Å². The van der Waals surface area contributed by atoms with Gasteiger partial charge >= 0.3 is 0 Å². The van der Waals surface area contributed by atoms with Crippen molar-refractivity contribution in [1.29, 1.82) is 0 Å². The van der Waals surface area contributed by atoms with Crippen LogP contribution in [0.3, 0.4) is 0 Å². The molecule has 21 heavy (non-hydrogen) atoms. The molecule has 0 amide bonds. The monoisotopic (exact) mass is 300 g/mol. The van der Waals surface area contributed by atoms with Gasteiger partial charge in [0.05, 0.1) is 22.1 Å². The molecular formula is C15H13ClN4O.